The van der Waals surface area contributed by atoms with Crippen LogP contribution in [0.4, 0.5) is 0 Å². The fourth-order valence-electron chi connectivity index (χ4n) is 2.19. The van der Waals surface area contributed by atoms with E-state index in [1.807, 2.05) is 6.92 Å². The van der Waals surface area contributed by atoms with Gasteiger partial charge in [0.25, 0.3) is 0 Å². The molecule has 2 heterocycles. The quantitative estimate of drug-likeness (QED) is 0.929. The van der Waals surface area contributed by atoms with E-state index in [0.29, 0.717) is 18.7 Å². The maximum atomic E-state index is 11.5. The molecule has 4 nitrogen and oxygen atoms in total. The largest absolute Gasteiger partial charge is 0.305 e. The maximum Gasteiger partial charge on any atom is 0.152 e. The molecule has 0 saturated carbocycles. The number of nitrogens with zero attached hydrogens (tertiary/aromatic N) is 1. The molecule has 1 unspecified atom stereocenters. The molecule has 0 amide bonds. The first kappa shape index (κ1) is 14.9. The third-order valence-corrected chi connectivity index (χ3v) is 6.61. The van der Waals surface area contributed by atoms with E-state index in [-0.39, 0.29) is 16.7 Å². The van der Waals surface area contributed by atoms with Crippen LogP contribution in [-0.4, -0.2) is 30.4 Å². The average Bonchev–Trinajstić information content (AvgIpc) is 2.80. The van der Waals surface area contributed by atoms with E-state index < -0.39 is 9.84 Å². The van der Waals surface area contributed by atoms with Gasteiger partial charge in [0.1, 0.15) is 0 Å². The molecule has 1 aliphatic heterocycles. The first-order chi connectivity index (χ1) is 8.60. The minimum atomic E-state index is -2.86. The van der Waals surface area contributed by atoms with Crippen molar-refractivity contribution in [2.24, 2.45) is 0 Å². The number of nitrogens with one attached hydrogen (secondary N) is 1. The molecule has 0 aliphatic carbocycles. The van der Waals surface area contributed by atoms with Crippen molar-refractivity contribution in [1.82, 2.24) is 10.3 Å². The topological polar surface area (TPSA) is 59.1 Å². The summed E-state index contributed by atoms with van der Waals surface area (Å²) in [5.74, 6) is 0.525. The van der Waals surface area contributed by atoms with Gasteiger partial charge in [-0.15, -0.1) is 11.3 Å². The maximum absolute atomic E-state index is 11.5. The van der Waals surface area contributed by atoms with Gasteiger partial charge in [-0.3, -0.25) is 0 Å². The number of thiazole rings is 1. The third kappa shape index (κ3) is 3.77. The summed E-state index contributed by atoms with van der Waals surface area (Å²) < 4.78 is 23.1. The molecular formula is C13H22N2O2S2. The summed E-state index contributed by atoms with van der Waals surface area (Å²) in [5.41, 5.74) is 0.772. The van der Waals surface area contributed by atoms with Crippen molar-refractivity contribution in [3.63, 3.8) is 0 Å². The second kappa shape index (κ2) is 4.82. The van der Waals surface area contributed by atoms with Crippen LogP contribution < -0.4 is 5.32 Å². The predicted molar refractivity (Wildman–Crippen MR) is 79.3 cm³/mol. The van der Waals surface area contributed by atoms with Gasteiger partial charge in [0.2, 0.25) is 0 Å². The first-order valence-electron chi connectivity index (χ1n) is 6.50. The number of sulfone groups is 1. The minimum absolute atomic E-state index is 0.0729. The van der Waals surface area contributed by atoms with E-state index in [4.69, 9.17) is 0 Å². The van der Waals surface area contributed by atoms with Crippen molar-refractivity contribution in [3.05, 3.63) is 16.1 Å². The molecule has 1 aliphatic rings. The van der Waals surface area contributed by atoms with Crippen LogP contribution in [0.15, 0.2) is 5.38 Å². The van der Waals surface area contributed by atoms with Gasteiger partial charge in [-0.05, 0) is 13.3 Å². The highest BCUT2D eigenvalue weighted by Gasteiger charge is 2.37. The summed E-state index contributed by atoms with van der Waals surface area (Å²) in [6.07, 6.45) is 0.686. The van der Waals surface area contributed by atoms with Crippen molar-refractivity contribution < 1.29 is 8.42 Å². The van der Waals surface area contributed by atoms with Gasteiger partial charge in [0, 0.05) is 22.9 Å². The molecule has 0 radical (unpaired) electrons. The van der Waals surface area contributed by atoms with Gasteiger partial charge < -0.3 is 5.32 Å². The predicted octanol–water partition coefficient (Wildman–Crippen LogP) is 2.11. The monoisotopic (exact) mass is 302 g/mol. The molecule has 108 valence electrons. The lowest BCUT2D eigenvalue weighted by atomic mass is 9.98. The Bertz CT molecular complexity index is 557. The Morgan fingerprint density at radius 2 is 2.16 bits per heavy atom. The molecule has 19 heavy (non-hydrogen) atoms. The average molecular weight is 302 g/mol. The fraction of sp³-hybridized carbons (Fsp3) is 0.769. The zero-order chi connectivity index (χ0) is 14.3. The smallest absolute Gasteiger partial charge is 0.152 e. The van der Waals surface area contributed by atoms with Crippen molar-refractivity contribution in [1.29, 1.82) is 0 Å². The Balaban J connectivity index is 1.98. The molecule has 1 N–H and O–H groups in total. The SMILES string of the molecule is CC1(NCc2csc(C(C)(C)C)n2)CCS(=O)(=O)C1. The lowest BCUT2D eigenvalue weighted by Gasteiger charge is -2.23. The number of aromatic nitrogens is 1. The van der Waals surface area contributed by atoms with Gasteiger partial charge >= 0.3 is 0 Å². The summed E-state index contributed by atoms with van der Waals surface area (Å²) in [6.45, 7) is 9.06. The van der Waals surface area contributed by atoms with E-state index in [0.717, 1.165) is 10.7 Å². The fourth-order valence-corrected chi connectivity index (χ4v) is 5.22. The molecule has 2 rings (SSSR count). The van der Waals surface area contributed by atoms with E-state index in [1.54, 1.807) is 11.3 Å². The normalized spacial score (nSPS) is 26.7. The lowest BCUT2D eigenvalue weighted by Crippen LogP contribution is -2.42. The number of hydrogen-bond acceptors (Lipinski definition) is 5. The summed E-state index contributed by atoms with van der Waals surface area (Å²) in [4.78, 5) is 4.62. The van der Waals surface area contributed by atoms with E-state index in [1.165, 1.54) is 0 Å². The van der Waals surface area contributed by atoms with Crippen LogP contribution in [0.2, 0.25) is 0 Å². The Morgan fingerprint density at radius 1 is 1.47 bits per heavy atom. The Labute approximate surface area is 119 Å². The van der Waals surface area contributed by atoms with E-state index >= 15 is 0 Å². The first-order valence-corrected chi connectivity index (χ1v) is 9.20. The van der Waals surface area contributed by atoms with Crippen LogP contribution in [0.5, 0.6) is 0 Å². The molecule has 0 aromatic carbocycles. The molecule has 6 heteroatoms. The van der Waals surface area contributed by atoms with Crippen molar-refractivity contribution >= 4 is 21.2 Å². The molecule has 0 bridgehead atoms. The second-order valence-corrected chi connectivity index (χ2v) is 9.69. The summed E-state index contributed by atoms with van der Waals surface area (Å²) in [5, 5.41) is 6.53. The van der Waals surface area contributed by atoms with Gasteiger partial charge in [0.15, 0.2) is 9.84 Å². The Kier molecular flexibility index (Phi) is 3.79. The van der Waals surface area contributed by atoms with Crippen LogP contribution in [0.1, 0.15) is 44.8 Å². The van der Waals surface area contributed by atoms with Gasteiger partial charge in [-0.25, -0.2) is 13.4 Å². The standard InChI is InChI=1S/C13H22N2O2S2/c1-12(2,3)11-15-10(8-18-11)7-14-13(4)5-6-19(16,17)9-13/h8,14H,5-7,9H2,1-4H3. The molecule has 1 aromatic rings. The molecule has 1 fully saturated rings. The van der Waals surface area contributed by atoms with Crippen molar-refractivity contribution in [3.8, 4) is 0 Å². The van der Waals surface area contributed by atoms with Gasteiger partial charge in [-0.1, -0.05) is 20.8 Å². The highest BCUT2D eigenvalue weighted by molar-refractivity contribution is 7.91. The molecule has 1 atom stereocenters. The van der Waals surface area contributed by atoms with Crippen LogP contribution in [0.25, 0.3) is 0 Å². The highest BCUT2D eigenvalue weighted by atomic mass is 32.2. The van der Waals surface area contributed by atoms with Crippen molar-refractivity contribution in [2.75, 3.05) is 11.5 Å². The molecule has 1 aromatic heterocycles. The zero-order valence-corrected chi connectivity index (χ0v) is 13.6. The summed E-state index contributed by atoms with van der Waals surface area (Å²) in [7, 11) is -2.86. The lowest BCUT2D eigenvalue weighted by molar-refractivity contribution is 0.393. The molecule has 1 saturated heterocycles. The highest BCUT2D eigenvalue weighted by Crippen LogP contribution is 2.27. The zero-order valence-electron chi connectivity index (χ0n) is 12.0. The summed E-state index contributed by atoms with van der Waals surface area (Å²) in [6, 6.07) is 0. The van der Waals surface area contributed by atoms with Gasteiger partial charge in [0.05, 0.1) is 22.2 Å². The molecular weight excluding hydrogens is 280 g/mol. The van der Waals surface area contributed by atoms with Crippen LogP contribution in [0, 0.1) is 0 Å². The minimum Gasteiger partial charge on any atom is -0.305 e. The van der Waals surface area contributed by atoms with E-state index in [2.05, 4.69) is 36.5 Å². The Morgan fingerprint density at radius 3 is 2.63 bits per heavy atom. The number of hydrogen-bond donors (Lipinski definition) is 1. The third-order valence-electron chi connectivity index (χ3n) is 3.39. The van der Waals surface area contributed by atoms with Crippen LogP contribution in [0.3, 0.4) is 0 Å². The van der Waals surface area contributed by atoms with E-state index in [9.17, 15) is 8.42 Å². The number of rotatable bonds is 3. The summed E-state index contributed by atoms with van der Waals surface area (Å²) >= 11 is 1.67. The van der Waals surface area contributed by atoms with Crippen LogP contribution in [-0.2, 0) is 21.8 Å². The van der Waals surface area contributed by atoms with Crippen molar-refractivity contribution in [2.45, 2.75) is 51.6 Å². The second-order valence-electron chi connectivity index (χ2n) is 6.65. The molecule has 0 spiro atoms. The Hall–Kier alpha value is -0.460. The van der Waals surface area contributed by atoms with Gasteiger partial charge in [-0.2, -0.15) is 0 Å². The van der Waals surface area contributed by atoms with Crippen LogP contribution >= 0.6 is 11.3 Å².